The zero-order chi connectivity index (χ0) is 25.9. The SMILES string of the molecule is CC(C)(C)CNc1nccc(N2CCCNCC2)n1.O=C(O)C(F)(F)F.O=C(O)C(F)(F)F. The lowest BCUT2D eigenvalue weighted by Crippen LogP contribution is -2.29. The Morgan fingerprint density at radius 2 is 1.55 bits per heavy atom. The second kappa shape index (κ2) is 13.0. The standard InChI is InChI=1S/C14H25N5.2C2HF3O2/c1-14(2,3)11-17-13-16-7-5-12(18-13)19-9-4-6-15-8-10-19;2*3-2(4,5)1(6)7/h5,7,15H,4,6,8-11H2,1-3H3,(H,16,17,18);2*(H,6,7). The molecule has 2 rings (SSSR count). The first-order valence-corrected chi connectivity index (χ1v) is 9.56. The highest BCUT2D eigenvalue weighted by Crippen LogP contribution is 2.16. The van der Waals surface area contributed by atoms with Crippen LogP contribution in [0.15, 0.2) is 12.3 Å². The van der Waals surface area contributed by atoms with E-state index in [1.54, 1.807) is 0 Å². The number of nitrogens with zero attached hydrogens (tertiary/aromatic N) is 3. The van der Waals surface area contributed by atoms with Crippen LogP contribution in [-0.4, -0.2) is 77.2 Å². The van der Waals surface area contributed by atoms with Gasteiger partial charge in [0.25, 0.3) is 0 Å². The Labute approximate surface area is 186 Å². The van der Waals surface area contributed by atoms with Crippen molar-refractivity contribution in [3.05, 3.63) is 12.3 Å². The van der Waals surface area contributed by atoms with Gasteiger partial charge in [0.15, 0.2) is 0 Å². The van der Waals surface area contributed by atoms with Gasteiger partial charge in [0.05, 0.1) is 0 Å². The van der Waals surface area contributed by atoms with Gasteiger partial charge < -0.3 is 25.7 Å². The number of alkyl halides is 6. The molecule has 15 heteroatoms. The number of hydrogen-bond donors (Lipinski definition) is 4. The van der Waals surface area contributed by atoms with E-state index in [1.165, 1.54) is 0 Å². The first-order chi connectivity index (χ1) is 14.9. The molecule has 0 saturated carbocycles. The van der Waals surface area contributed by atoms with Crippen LogP contribution < -0.4 is 15.5 Å². The van der Waals surface area contributed by atoms with Gasteiger partial charge in [-0.25, -0.2) is 14.6 Å². The van der Waals surface area contributed by atoms with Crippen LogP contribution in [0.2, 0.25) is 0 Å². The summed E-state index contributed by atoms with van der Waals surface area (Å²) in [6.07, 6.45) is -7.17. The fourth-order valence-corrected chi connectivity index (χ4v) is 2.03. The number of carboxylic acid groups (broad SMARTS) is 2. The number of anilines is 2. The molecule has 0 aromatic carbocycles. The molecule has 0 spiro atoms. The fourth-order valence-electron chi connectivity index (χ4n) is 2.03. The van der Waals surface area contributed by atoms with Crippen molar-refractivity contribution in [3.8, 4) is 0 Å². The van der Waals surface area contributed by atoms with Crippen molar-refractivity contribution in [2.24, 2.45) is 5.41 Å². The smallest absolute Gasteiger partial charge is 0.475 e. The molecule has 33 heavy (non-hydrogen) atoms. The Kier molecular flexibility index (Phi) is 11.9. The Balaban J connectivity index is 0.000000605. The normalized spacial score (nSPS) is 14.6. The van der Waals surface area contributed by atoms with Crippen LogP contribution in [0.4, 0.5) is 38.1 Å². The molecule has 0 aliphatic carbocycles. The highest BCUT2D eigenvalue weighted by molar-refractivity contribution is 5.73. The van der Waals surface area contributed by atoms with Gasteiger partial charge >= 0.3 is 24.3 Å². The molecule has 1 aromatic rings. The second-order valence-corrected chi connectivity index (χ2v) is 7.85. The fraction of sp³-hybridized carbons (Fsp3) is 0.667. The van der Waals surface area contributed by atoms with Gasteiger partial charge in [-0.15, -0.1) is 0 Å². The maximum absolute atomic E-state index is 10.6. The van der Waals surface area contributed by atoms with Crippen molar-refractivity contribution in [1.82, 2.24) is 15.3 Å². The summed E-state index contributed by atoms with van der Waals surface area (Å²) >= 11 is 0. The maximum Gasteiger partial charge on any atom is 0.490 e. The van der Waals surface area contributed by atoms with E-state index in [9.17, 15) is 26.3 Å². The predicted molar refractivity (Wildman–Crippen MR) is 107 cm³/mol. The molecule has 1 saturated heterocycles. The van der Waals surface area contributed by atoms with Gasteiger partial charge in [0.2, 0.25) is 5.95 Å². The number of carbonyl (C=O) groups is 2. The van der Waals surface area contributed by atoms with E-state index in [-0.39, 0.29) is 5.41 Å². The van der Waals surface area contributed by atoms with Crippen LogP contribution in [0.1, 0.15) is 27.2 Å². The molecule has 1 fully saturated rings. The van der Waals surface area contributed by atoms with E-state index in [2.05, 4.69) is 46.3 Å². The van der Waals surface area contributed by atoms with Gasteiger partial charge in [-0.1, -0.05) is 20.8 Å². The Morgan fingerprint density at radius 3 is 2.00 bits per heavy atom. The summed E-state index contributed by atoms with van der Waals surface area (Å²) in [6, 6.07) is 1.99. The molecule has 1 aliphatic heterocycles. The zero-order valence-electron chi connectivity index (χ0n) is 18.2. The summed E-state index contributed by atoms with van der Waals surface area (Å²) in [4.78, 5) is 29.0. The van der Waals surface area contributed by atoms with Gasteiger partial charge in [0.1, 0.15) is 5.82 Å². The Bertz CT molecular complexity index is 721. The van der Waals surface area contributed by atoms with Crippen molar-refractivity contribution >= 4 is 23.7 Å². The van der Waals surface area contributed by atoms with E-state index in [0.717, 1.165) is 50.9 Å². The maximum atomic E-state index is 10.6. The predicted octanol–water partition coefficient (Wildman–Crippen LogP) is 3.00. The number of carboxylic acids is 2. The van der Waals surface area contributed by atoms with E-state index in [4.69, 9.17) is 19.8 Å². The first-order valence-electron chi connectivity index (χ1n) is 9.56. The average molecular weight is 491 g/mol. The van der Waals surface area contributed by atoms with Gasteiger partial charge in [-0.2, -0.15) is 31.3 Å². The van der Waals surface area contributed by atoms with Gasteiger partial charge in [-0.05, 0) is 24.4 Å². The van der Waals surface area contributed by atoms with Crippen LogP contribution in [0.5, 0.6) is 0 Å². The van der Waals surface area contributed by atoms with Crippen LogP contribution in [-0.2, 0) is 9.59 Å². The third-order valence-electron chi connectivity index (χ3n) is 3.57. The second-order valence-electron chi connectivity index (χ2n) is 7.85. The highest BCUT2D eigenvalue weighted by atomic mass is 19.4. The third kappa shape index (κ3) is 14.8. The number of halogens is 6. The Morgan fingerprint density at radius 1 is 1.03 bits per heavy atom. The molecule has 0 radical (unpaired) electrons. The first kappa shape index (κ1) is 30.2. The van der Waals surface area contributed by atoms with Gasteiger partial charge in [-0.3, -0.25) is 0 Å². The molecular formula is C18H27F6N5O4. The van der Waals surface area contributed by atoms with Gasteiger partial charge in [0, 0.05) is 32.4 Å². The molecule has 0 amide bonds. The highest BCUT2D eigenvalue weighted by Gasteiger charge is 2.38. The number of hydrogen-bond acceptors (Lipinski definition) is 7. The molecule has 1 aromatic heterocycles. The van der Waals surface area contributed by atoms with Crippen LogP contribution in [0, 0.1) is 5.41 Å². The molecule has 0 bridgehead atoms. The molecule has 4 N–H and O–H groups in total. The van der Waals surface area contributed by atoms with Crippen molar-refractivity contribution in [2.45, 2.75) is 39.5 Å². The molecule has 9 nitrogen and oxygen atoms in total. The summed E-state index contributed by atoms with van der Waals surface area (Å²) in [5, 5.41) is 21.0. The Hall–Kier alpha value is -2.84. The quantitative estimate of drug-likeness (QED) is 0.472. The van der Waals surface area contributed by atoms with E-state index >= 15 is 0 Å². The lowest BCUT2D eigenvalue weighted by molar-refractivity contribution is -0.193. The minimum absolute atomic E-state index is 0.228. The minimum atomic E-state index is -5.08. The molecular weight excluding hydrogens is 464 g/mol. The monoisotopic (exact) mass is 491 g/mol. The topological polar surface area (TPSA) is 128 Å². The number of aromatic nitrogens is 2. The van der Waals surface area contributed by atoms with E-state index in [0.29, 0.717) is 0 Å². The largest absolute Gasteiger partial charge is 0.490 e. The van der Waals surface area contributed by atoms with Crippen molar-refractivity contribution in [2.75, 3.05) is 42.9 Å². The molecule has 190 valence electrons. The molecule has 2 heterocycles. The lowest BCUT2D eigenvalue weighted by atomic mass is 9.97. The van der Waals surface area contributed by atoms with Crippen molar-refractivity contribution in [3.63, 3.8) is 0 Å². The van der Waals surface area contributed by atoms with Crippen LogP contribution in [0.25, 0.3) is 0 Å². The van der Waals surface area contributed by atoms with Crippen LogP contribution in [0.3, 0.4) is 0 Å². The zero-order valence-corrected chi connectivity index (χ0v) is 18.2. The van der Waals surface area contributed by atoms with E-state index < -0.39 is 24.3 Å². The summed E-state index contributed by atoms with van der Waals surface area (Å²) in [7, 11) is 0. The minimum Gasteiger partial charge on any atom is -0.475 e. The summed E-state index contributed by atoms with van der Waals surface area (Å²) in [5.41, 5.74) is 0.228. The summed E-state index contributed by atoms with van der Waals surface area (Å²) in [6.45, 7) is 11.7. The average Bonchev–Trinajstić information content (AvgIpc) is 2.95. The lowest BCUT2D eigenvalue weighted by Gasteiger charge is -2.22. The summed E-state index contributed by atoms with van der Waals surface area (Å²) in [5.74, 6) is -3.76. The number of nitrogens with one attached hydrogen (secondary N) is 2. The van der Waals surface area contributed by atoms with Crippen LogP contribution >= 0.6 is 0 Å². The van der Waals surface area contributed by atoms with E-state index in [1.807, 2.05) is 12.3 Å². The molecule has 0 unspecified atom stereocenters. The number of aliphatic carboxylic acids is 2. The van der Waals surface area contributed by atoms with Crippen molar-refractivity contribution < 1.29 is 46.1 Å². The third-order valence-corrected chi connectivity index (χ3v) is 3.57. The molecule has 0 atom stereocenters. The van der Waals surface area contributed by atoms with Crippen molar-refractivity contribution in [1.29, 1.82) is 0 Å². The summed E-state index contributed by atoms with van der Waals surface area (Å²) < 4.78 is 63.5. The molecule has 1 aliphatic rings. The number of rotatable bonds is 3.